The first-order chi connectivity index (χ1) is 12.6. The van der Waals surface area contributed by atoms with Crippen LogP contribution in [0.25, 0.3) is 0 Å². The maximum absolute atomic E-state index is 6.07. The molecule has 0 aliphatic carbocycles. The molecule has 4 nitrogen and oxygen atoms in total. The predicted octanol–water partition coefficient (Wildman–Crippen LogP) is 3.87. The van der Waals surface area contributed by atoms with Gasteiger partial charge in [0, 0.05) is 16.7 Å². The van der Waals surface area contributed by atoms with Crippen LogP contribution in [0.1, 0.15) is 29.2 Å². The van der Waals surface area contributed by atoms with Gasteiger partial charge in [0.25, 0.3) is 0 Å². The molecular formula is C21H27IN2O2. The van der Waals surface area contributed by atoms with Crippen molar-refractivity contribution in [2.45, 2.75) is 18.9 Å². The number of ether oxygens (including phenoxy) is 2. The van der Waals surface area contributed by atoms with Crippen LogP contribution in [0.3, 0.4) is 0 Å². The molecule has 1 heterocycles. The van der Waals surface area contributed by atoms with Crippen LogP contribution in [0, 0.1) is 3.57 Å². The maximum atomic E-state index is 6.07. The molecule has 2 aromatic rings. The minimum atomic E-state index is 0.200. The van der Waals surface area contributed by atoms with E-state index in [1.807, 2.05) is 0 Å². The molecule has 0 saturated heterocycles. The first kappa shape index (κ1) is 19.5. The Hall–Kier alpha value is -1.31. The van der Waals surface area contributed by atoms with Gasteiger partial charge < -0.3 is 19.7 Å². The van der Waals surface area contributed by atoms with Crippen molar-refractivity contribution >= 4 is 22.6 Å². The number of nitrogens with one attached hydrogen (secondary N) is 1. The van der Waals surface area contributed by atoms with E-state index in [1.165, 1.54) is 20.3 Å². The second-order valence-electron chi connectivity index (χ2n) is 6.90. The van der Waals surface area contributed by atoms with Crippen LogP contribution in [-0.2, 0) is 6.42 Å². The van der Waals surface area contributed by atoms with Crippen LogP contribution in [0.15, 0.2) is 36.4 Å². The van der Waals surface area contributed by atoms with E-state index in [9.17, 15) is 0 Å². The number of benzene rings is 2. The summed E-state index contributed by atoms with van der Waals surface area (Å²) in [6.07, 6.45) is 2.00. The lowest BCUT2D eigenvalue weighted by molar-refractivity contribution is 0.267. The van der Waals surface area contributed by atoms with E-state index in [1.54, 1.807) is 7.11 Å². The molecule has 1 unspecified atom stereocenters. The summed E-state index contributed by atoms with van der Waals surface area (Å²) in [4.78, 5) is 2.17. The topological polar surface area (TPSA) is 33.7 Å². The number of hydrogen-bond donors (Lipinski definition) is 1. The Labute approximate surface area is 170 Å². The van der Waals surface area contributed by atoms with Crippen LogP contribution in [0.5, 0.6) is 11.5 Å². The predicted molar refractivity (Wildman–Crippen MR) is 114 cm³/mol. The third-order valence-corrected chi connectivity index (χ3v) is 5.41. The quantitative estimate of drug-likeness (QED) is 0.497. The number of nitrogens with zero attached hydrogens (tertiary/aromatic N) is 1. The Balaban J connectivity index is 1.85. The standard InChI is InChI=1S/C21H27IN2O2/c1-24(2)11-4-12-26-20-14-18-16(13-19(20)25-3)9-10-23-21(18)15-5-7-17(22)8-6-15/h5-8,13-14,21,23H,4,9-12H2,1-3H3. The van der Waals surface area contributed by atoms with Crippen LogP contribution < -0.4 is 14.8 Å². The van der Waals surface area contributed by atoms with Gasteiger partial charge in [0.1, 0.15) is 0 Å². The molecular weight excluding hydrogens is 439 g/mol. The van der Waals surface area contributed by atoms with Crippen molar-refractivity contribution in [3.8, 4) is 11.5 Å². The number of methoxy groups -OCH3 is 1. The molecule has 0 spiro atoms. The SMILES string of the molecule is COc1cc2c(cc1OCCCN(C)C)C(c1ccc(I)cc1)NCC2. The molecule has 0 fully saturated rings. The highest BCUT2D eigenvalue weighted by Gasteiger charge is 2.24. The Morgan fingerprint density at radius 1 is 1.15 bits per heavy atom. The van der Waals surface area contributed by atoms with Crippen molar-refractivity contribution in [1.29, 1.82) is 0 Å². The zero-order valence-electron chi connectivity index (χ0n) is 15.7. The highest BCUT2D eigenvalue weighted by molar-refractivity contribution is 14.1. The first-order valence-corrected chi connectivity index (χ1v) is 10.1. The summed E-state index contributed by atoms with van der Waals surface area (Å²) in [5.74, 6) is 1.67. The van der Waals surface area contributed by atoms with Crippen LogP contribution in [-0.4, -0.2) is 45.8 Å². The Morgan fingerprint density at radius 3 is 2.62 bits per heavy atom. The van der Waals surface area contributed by atoms with Gasteiger partial charge in [-0.1, -0.05) is 12.1 Å². The number of hydrogen-bond acceptors (Lipinski definition) is 4. The van der Waals surface area contributed by atoms with Gasteiger partial charge in [0.2, 0.25) is 0 Å². The molecule has 0 amide bonds. The lowest BCUT2D eigenvalue weighted by atomic mass is 9.89. The Bertz CT molecular complexity index is 732. The minimum absolute atomic E-state index is 0.200. The van der Waals surface area contributed by atoms with E-state index < -0.39 is 0 Å². The first-order valence-electron chi connectivity index (χ1n) is 9.05. The Kier molecular flexibility index (Phi) is 6.78. The minimum Gasteiger partial charge on any atom is -0.493 e. The fraction of sp³-hybridized carbons (Fsp3) is 0.429. The van der Waals surface area contributed by atoms with Gasteiger partial charge in [-0.2, -0.15) is 0 Å². The fourth-order valence-corrected chi connectivity index (χ4v) is 3.71. The van der Waals surface area contributed by atoms with E-state index in [-0.39, 0.29) is 6.04 Å². The third-order valence-electron chi connectivity index (χ3n) is 4.69. The summed E-state index contributed by atoms with van der Waals surface area (Å²) < 4.78 is 12.9. The van der Waals surface area contributed by atoms with Gasteiger partial charge in [-0.3, -0.25) is 0 Å². The molecule has 2 aromatic carbocycles. The van der Waals surface area contributed by atoms with E-state index in [4.69, 9.17) is 9.47 Å². The second-order valence-corrected chi connectivity index (χ2v) is 8.14. The van der Waals surface area contributed by atoms with Gasteiger partial charge >= 0.3 is 0 Å². The molecule has 0 aromatic heterocycles. The molecule has 0 saturated carbocycles. The average Bonchev–Trinajstić information content (AvgIpc) is 2.64. The van der Waals surface area contributed by atoms with Gasteiger partial charge in [-0.15, -0.1) is 0 Å². The molecule has 0 radical (unpaired) electrons. The smallest absolute Gasteiger partial charge is 0.161 e. The van der Waals surface area contributed by atoms with E-state index in [2.05, 4.69) is 83.3 Å². The van der Waals surface area contributed by atoms with Crippen LogP contribution in [0.4, 0.5) is 0 Å². The van der Waals surface area contributed by atoms with Crippen LogP contribution in [0.2, 0.25) is 0 Å². The molecule has 5 heteroatoms. The molecule has 1 aliphatic rings. The van der Waals surface area contributed by atoms with Gasteiger partial charge in [0.15, 0.2) is 11.5 Å². The molecule has 1 atom stereocenters. The van der Waals surface area contributed by atoms with Crippen molar-refractivity contribution in [2.24, 2.45) is 0 Å². The molecule has 3 rings (SSSR count). The molecule has 0 bridgehead atoms. The van der Waals surface area contributed by atoms with Gasteiger partial charge in [-0.05, 0) is 90.5 Å². The van der Waals surface area contributed by atoms with Crippen molar-refractivity contribution in [2.75, 3.05) is 40.9 Å². The largest absolute Gasteiger partial charge is 0.493 e. The monoisotopic (exact) mass is 466 g/mol. The zero-order chi connectivity index (χ0) is 18.5. The van der Waals surface area contributed by atoms with Gasteiger partial charge in [0.05, 0.1) is 19.8 Å². The number of rotatable bonds is 7. The summed E-state index contributed by atoms with van der Waals surface area (Å²) >= 11 is 2.34. The van der Waals surface area contributed by atoms with E-state index in [0.717, 1.165) is 37.4 Å². The lowest BCUT2D eigenvalue weighted by Crippen LogP contribution is -2.30. The van der Waals surface area contributed by atoms with Crippen molar-refractivity contribution < 1.29 is 9.47 Å². The van der Waals surface area contributed by atoms with E-state index >= 15 is 0 Å². The lowest BCUT2D eigenvalue weighted by Gasteiger charge is -2.29. The second kappa shape index (κ2) is 9.06. The highest BCUT2D eigenvalue weighted by atomic mass is 127. The molecule has 1 N–H and O–H groups in total. The fourth-order valence-electron chi connectivity index (χ4n) is 3.35. The molecule has 26 heavy (non-hydrogen) atoms. The average molecular weight is 466 g/mol. The van der Waals surface area contributed by atoms with Crippen LogP contribution >= 0.6 is 22.6 Å². The van der Waals surface area contributed by atoms with Gasteiger partial charge in [-0.25, -0.2) is 0 Å². The summed E-state index contributed by atoms with van der Waals surface area (Å²) in [5, 5.41) is 3.65. The Morgan fingerprint density at radius 2 is 1.92 bits per heavy atom. The van der Waals surface area contributed by atoms with Crippen molar-refractivity contribution in [1.82, 2.24) is 10.2 Å². The van der Waals surface area contributed by atoms with Crippen molar-refractivity contribution in [3.05, 3.63) is 56.7 Å². The number of fused-ring (bicyclic) bond motifs is 1. The highest BCUT2D eigenvalue weighted by Crippen LogP contribution is 2.37. The summed E-state index contributed by atoms with van der Waals surface area (Å²) in [6.45, 7) is 2.67. The maximum Gasteiger partial charge on any atom is 0.161 e. The number of halogens is 1. The summed E-state index contributed by atoms with van der Waals surface area (Å²) in [7, 11) is 5.87. The normalized spacial score (nSPS) is 16.4. The molecule has 1 aliphatic heterocycles. The summed E-state index contributed by atoms with van der Waals surface area (Å²) in [6, 6.07) is 13.2. The zero-order valence-corrected chi connectivity index (χ0v) is 17.9. The summed E-state index contributed by atoms with van der Waals surface area (Å²) in [5.41, 5.74) is 3.92. The molecule has 140 valence electrons. The van der Waals surface area contributed by atoms with Crippen molar-refractivity contribution in [3.63, 3.8) is 0 Å². The third kappa shape index (κ3) is 4.69. The van der Waals surface area contributed by atoms with E-state index in [0.29, 0.717) is 6.61 Å².